The summed E-state index contributed by atoms with van der Waals surface area (Å²) in [4.78, 5) is 4.62. The second kappa shape index (κ2) is 6.38. The van der Waals surface area contributed by atoms with Crippen LogP contribution in [0.4, 0.5) is 0 Å². The van der Waals surface area contributed by atoms with Gasteiger partial charge < -0.3 is 5.11 Å². The van der Waals surface area contributed by atoms with Gasteiger partial charge in [-0.2, -0.15) is 0 Å². The number of allylic oxidation sites excluding steroid dienone is 1. The number of hydrogen-bond donors (Lipinski definition) is 1. The molecular formula is C24H26ClNO. The molecule has 1 aromatic carbocycles. The number of hydrogen-bond acceptors (Lipinski definition) is 2. The van der Waals surface area contributed by atoms with Crippen molar-refractivity contribution >= 4 is 17.7 Å². The highest BCUT2D eigenvalue weighted by molar-refractivity contribution is 6.33. The number of pyridine rings is 1. The SMILES string of the molecule is C/C=C/c1cnc(-c2ccc(O)c(C34CC5CC(CC(C5)C3)C4)c2)c(Cl)c1. The average molecular weight is 380 g/mol. The largest absolute Gasteiger partial charge is 0.508 e. The molecule has 4 bridgehead atoms. The minimum atomic E-state index is 0.159. The number of phenols is 1. The zero-order chi connectivity index (χ0) is 18.6. The molecule has 2 nitrogen and oxygen atoms in total. The molecule has 0 atom stereocenters. The Bertz CT molecular complexity index is 881. The fourth-order valence-electron chi connectivity index (χ4n) is 6.50. The minimum Gasteiger partial charge on any atom is -0.508 e. The molecule has 140 valence electrons. The molecule has 0 unspecified atom stereocenters. The molecule has 0 radical (unpaired) electrons. The fraction of sp³-hybridized carbons (Fsp3) is 0.458. The van der Waals surface area contributed by atoms with Gasteiger partial charge in [0.2, 0.25) is 0 Å². The minimum absolute atomic E-state index is 0.159. The molecule has 27 heavy (non-hydrogen) atoms. The van der Waals surface area contributed by atoms with E-state index < -0.39 is 0 Å². The molecule has 4 aliphatic carbocycles. The lowest BCUT2D eigenvalue weighted by Gasteiger charge is -2.57. The van der Waals surface area contributed by atoms with Crippen LogP contribution in [0, 0.1) is 17.8 Å². The van der Waals surface area contributed by atoms with E-state index in [1.54, 1.807) is 0 Å². The standard InChI is InChI=1S/C24H26ClNO/c1-2-3-15-9-21(25)23(26-14-15)19-4-5-22(27)20(10-19)24-11-16-6-17(12-24)8-18(7-16)13-24/h2-5,9-10,14,16-18,27H,6-8,11-13H2,1H3/b3-2+. The van der Waals surface area contributed by atoms with Gasteiger partial charge in [0.25, 0.3) is 0 Å². The first-order valence-corrected chi connectivity index (χ1v) is 10.6. The van der Waals surface area contributed by atoms with Crippen LogP contribution in [0.1, 0.15) is 56.6 Å². The second-order valence-corrected chi connectivity index (χ2v) is 9.44. The molecule has 4 aliphatic rings. The first-order chi connectivity index (χ1) is 13.1. The molecular weight excluding hydrogens is 354 g/mol. The van der Waals surface area contributed by atoms with Gasteiger partial charge in [-0.15, -0.1) is 0 Å². The number of rotatable bonds is 3. The van der Waals surface area contributed by atoms with Crippen LogP contribution >= 0.6 is 11.6 Å². The molecule has 0 spiro atoms. The smallest absolute Gasteiger partial charge is 0.119 e. The molecule has 4 fully saturated rings. The molecule has 0 saturated heterocycles. The van der Waals surface area contributed by atoms with Crippen molar-refractivity contribution in [3.05, 3.63) is 52.7 Å². The van der Waals surface area contributed by atoms with Gasteiger partial charge in [0, 0.05) is 17.3 Å². The third-order valence-electron chi connectivity index (χ3n) is 7.10. The van der Waals surface area contributed by atoms with Crippen LogP contribution in [0.3, 0.4) is 0 Å². The van der Waals surface area contributed by atoms with Crippen LogP contribution in [-0.4, -0.2) is 10.1 Å². The zero-order valence-corrected chi connectivity index (χ0v) is 16.5. The predicted octanol–water partition coefficient (Wildman–Crippen LogP) is 6.61. The van der Waals surface area contributed by atoms with E-state index in [-0.39, 0.29) is 5.41 Å². The van der Waals surface area contributed by atoms with Crippen LogP contribution in [0.5, 0.6) is 5.75 Å². The van der Waals surface area contributed by atoms with Gasteiger partial charge in [-0.05, 0) is 98.4 Å². The third-order valence-corrected chi connectivity index (χ3v) is 7.39. The van der Waals surface area contributed by atoms with E-state index in [0.29, 0.717) is 10.8 Å². The molecule has 2 aromatic rings. The lowest BCUT2D eigenvalue weighted by Crippen LogP contribution is -2.48. The zero-order valence-electron chi connectivity index (χ0n) is 15.8. The summed E-state index contributed by atoms with van der Waals surface area (Å²) in [6.45, 7) is 1.99. The van der Waals surface area contributed by atoms with Gasteiger partial charge >= 0.3 is 0 Å². The molecule has 0 aliphatic heterocycles. The fourth-order valence-corrected chi connectivity index (χ4v) is 6.78. The molecule has 3 heteroatoms. The van der Waals surface area contributed by atoms with Crippen LogP contribution in [0.15, 0.2) is 36.5 Å². The first kappa shape index (κ1) is 17.3. The summed E-state index contributed by atoms with van der Waals surface area (Å²) >= 11 is 6.55. The molecule has 0 amide bonds. The predicted molar refractivity (Wildman–Crippen MR) is 111 cm³/mol. The summed E-state index contributed by atoms with van der Waals surface area (Å²) in [6.07, 6.45) is 13.8. The highest BCUT2D eigenvalue weighted by atomic mass is 35.5. The number of benzene rings is 1. The Hall–Kier alpha value is -1.80. The Morgan fingerprint density at radius 1 is 1.07 bits per heavy atom. The van der Waals surface area contributed by atoms with E-state index in [4.69, 9.17) is 11.6 Å². The van der Waals surface area contributed by atoms with E-state index >= 15 is 0 Å². The molecule has 6 rings (SSSR count). The Morgan fingerprint density at radius 3 is 2.33 bits per heavy atom. The van der Waals surface area contributed by atoms with Gasteiger partial charge in [0.1, 0.15) is 5.75 Å². The van der Waals surface area contributed by atoms with Crippen LogP contribution in [-0.2, 0) is 5.41 Å². The number of aromatic nitrogens is 1. The van der Waals surface area contributed by atoms with E-state index in [2.05, 4.69) is 11.1 Å². The van der Waals surface area contributed by atoms with Crippen LogP contribution in [0.2, 0.25) is 5.02 Å². The maximum Gasteiger partial charge on any atom is 0.119 e. The highest BCUT2D eigenvalue weighted by Crippen LogP contribution is 2.62. The maximum absolute atomic E-state index is 10.8. The van der Waals surface area contributed by atoms with Crippen LogP contribution in [0.25, 0.3) is 17.3 Å². The van der Waals surface area contributed by atoms with Crippen molar-refractivity contribution in [1.82, 2.24) is 4.98 Å². The van der Waals surface area contributed by atoms with Crippen molar-refractivity contribution in [2.75, 3.05) is 0 Å². The van der Waals surface area contributed by atoms with E-state index in [9.17, 15) is 5.11 Å². The third kappa shape index (κ3) is 2.89. The lowest BCUT2D eigenvalue weighted by atomic mass is 9.48. The summed E-state index contributed by atoms with van der Waals surface area (Å²) in [6, 6.07) is 7.93. The normalized spacial score (nSPS) is 31.7. The summed E-state index contributed by atoms with van der Waals surface area (Å²) in [5, 5.41) is 11.4. The van der Waals surface area contributed by atoms with Crippen molar-refractivity contribution < 1.29 is 5.11 Å². The van der Waals surface area contributed by atoms with Gasteiger partial charge in [0.15, 0.2) is 0 Å². The number of aromatic hydroxyl groups is 1. The second-order valence-electron chi connectivity index (χ2n) is 9.03. The van der Waals surface area contributed by atoms with E-state index in [1.807, 2.05) is 43.5 Å². The van der Waals surface area contributed by atoms with Crippen molar-refractivity contribution in [2.45, 2.75) is 50.9 Å². The average Bonchev–Trinajstić information content (AvgIpc) is 2.62. The molecule has 4 saturated carbocycles. The molecule has 1 aromatic heterocycles. The Morgan fingerprint density at radius 2 is 1.74 bits per heavy atom. The van der Waals surface area contributed by atoms with E-state index in [0.717, 1.165) is 40.1 Å². The molecule has 1 N–H and O–H groups in total. The Balaban J connectivity index is 1.56. The number of phenolic OH excluding ortho intramolecular Hbond substituents is 1. The van der Waals surface area contributed by atoms with Gasteiger partial charge in [-0.3, -0.25) is 4.98 Å². The maximum atomic E-state index is 10.8. The van der Waals surface area contributed by atoms with Crippen molar-refractivity contribution in [3.63, 3.8) is 0 Å². The summed E-state index contributed by atoms with van der Waals surface area (Å²) in [7, 11) is 0. The first-order valence-electron chi connectivity index (χ1n) is 10.2. The highest BCUT2D eigenvalue weighted by Gasteiger charge is 2.52. The Labute approximate surface area is 166 Å². The summed E-state index contributed by atoms with van der Waals surface area (Å²) in [5.74, 6) is 2.99. The van der Waals surface area contributed by atoms with Crippen molar-refractivity contribution in [2.24, 2.45) is 17.8 Å². The summed E-state index contributed by atoms with van der Waals surface area (Å²) < 4.78 is 0. The summed E-state index contributed by atoms with van der Waals surface area (Å²) in [5.41, 5.74) is 4.11. The molecule has 1 heterocycles. The van der Waals surface area contributed by atoms with Gasteiger partial charge in [0.05, 0.1) is 10.7 Å². The van der Waals surface area contributed by atoms with Crippen LogP contribution < -0.4 is 0 Å². The van der Waals surface area contributed by atoms with Gasteiger partial charge in [-0.1, -0.05) is 23.8 Å². The lowest BCUT2D eigenvalue weighted by molar-refractivity contribution is -0.00611. The van der Waals surface area contributed by atoms with Gasteiger partial charge in [-0.25, -0.2) is 0 Å². The Kier molecular flexibility index (Phi) is 4.09. The quantitative estimate of drug-likeness (QED) is 0.650. The monoisotopic (exact) mass is 379 g/mol. The number of halogens is 1. The van der Waals surface area contributed by atoms with E-state index in [1.165, 1.54) is 38.5 Å². The van der Waals surface area contributed by atoms with Crippen molar-refractivity contribution in [3.8, 4) is 17.0 Å². The van der Waals surface area contributed by atoms with Crippen molar-refractivity contribution in [1.29, 1.82) is 0 Å². The topological polar surface area (TPSA) is 33.1 Å². The number of nitrogens with zero attached hydrogens (tertiary/aromatic N) is 1.